The van der Waals surface area contributed by atoms with Crippen molar-refractivity contribution in [1.29, 1.82) is 0 Å². The molecule has 0 heterocycles. The fourth-order valence-corrected chi connectivity index (χ4v) is 2.78. The number of rotatable bonds is 5. The maximum absolute atomic E-state index is 11.9. The first kappa shape index (κ1) is 13.9. The Hall–Kier alpha value is -0.140. The van der Waals surface area contributed by atoms with Crippen molar-refractivity contribution in [3.8, 4) is 0 Å². The second-order valence-corrected chi connectivity index (χ2v) is 6.53. The summed E-state index contributed by atoms with van der Waals surface area (Å²) in [4.78, 5) is 0.351. The molecule has 1 aromatic carbocycles. The Morgan fingerprint density at radius 2 is 1.94 bits per heavy atom. The van der Waals surface area contributed by atoms with E-state index in [-0.39, 0.29) is 0 Å². The average Bonchev–Trinajstić information content (AvgIpc) is 2.22. The van der Waals surface area contributed by atoms with Crippen LogP contribution in [0.3, 0.4) is 0 Å². The van der Waals surface area contributed by atoms with Crippen LogP contribution < -0.4 is 4.72 Å². The van der Waals surface area contributed by atoms with Gasteiger partial charge in [-0.1, -0.05) is 28.7 Å². The van der Waals surface area contributed by atoms with E-state index in [9.17, 15) is 8.42 Å². The highest BCUT2D eigenvalue weighted by molar-refractivity contribution is 14.1. The highest BCUT2D eigenvalue weighted by Crippen LogP contribution is 2.14. The summed E-state index contributed by atoms with van der Waals surface area (Å²) < 4.78 is 27.3. The number of alkyl halides is 1. The molecule has 3 nitrogen and oxygen atoms in total. The van der Waals surface area contributed by atoms with E-state index in [1.165, 1.54) is 0 Å². The van der Waals surface area contributed by atoms with Gasteiger partial charge in [0.1, 0.15) is 0 Å². The van der Waals surface area contributed by atoms with Crippen LogP contribution in [0.4, 0.5) is 0 Å². The zero-order valence-electron chi connectivity index (χ0n) is 9.46. The van der Waals surface area contributed by atoms with Crippen LogP contribution in [0, 0.1) is 13.8 Å². The monoisotopic (exact) mass is 353 g/mol. The summed E-state index contributed by atoms with van der Waals surface area (Å²) in [5.41, 5.74) is 2.10. The SMILES string of the molecule is Cc1ccc(S(=O)(=O)NCCCI)cc1C. The van der Waals surface area contributed by atoms with Gasteiger partial charge < -0.3 is 0 Å². The second kappa shape index (κ2) is 5.97. The van der Waals surface area contributed by atoms with Crippen LogP contribution in [-0.2, 0) is 10.0 Å². The van der Waals surface area contributed by atoms with E-state index in [4.69, 9.17) is 0 Å². The molecule has 0 saturated carbocycles. The first-order valence-corrected chi connectivity index (χ1v) is 8.11. The lowest BCUT2D eigenvalue weighted by molar-refractivity contribution is 0.581. The summed E-state index contributed by atoms with van der Waals surface area (Å²) in [6.07, 6.45) is 0.852. The Balaban J connectivity index is 2.86. The standard InChI is InChI=1S/C11H16INO2S/c1-9-4-5-11(8-10(9)2)16(14,15)13-7-3-6-12/h4-5,8,13H,3,6-7H2,1-2H3. The molecule has 0 saturated heterocycles. The zero-order chi connectivity index (χ0) is 12.2. The summed E-state index contributed by atoms with van der Waals surface area (Å²) in [5.74, 6) is 0. The lowest BCUT2D eigenvalue weighted by Crippen LogP contribution is -2.25. The molecule has 0 aliphatic heterocycles. The second-order valence-electron chi connectivity index (χ2n) is 3.69. The number of hydrogen-bond donors (Lipinski definition) is 1. The van der Waals surface area contributed by atoms with Gasteiger partial charge in [0, 0.05) is 11.0 Å². The minimum Gasteiger partial charge on any atom is -0.211 e. The molecule has 0 spiro atoms. The van der Waals surface area contributed by atoms with E-state index in [2.05, 4.69) is 27.3 Å². The van der Waals surface area contributed by atoms with Crippen LogP contribution in [0.5, 0.6) is 0 Å². The largest absolute Gasteiger partial charge is 0.240 e. The number of benzene rings is 1. The maximum Gasteiger partial charge on any atom is 0.240 e. The van der Waals surface area contributed by atoms with Crippen molar-refractivity contribution in [2.24, 2.45) is 0 Å². The molecule has 0 aromatic heterocycles. The molecule has 0 fully saturated rings. The van der Waals surface area contributed by atoms with E-state index in [1.807, 2.05) is 19.9 Å². The summed E-state index contributed by atoms with van der Waals surface area (Å²) in [7, 11) is -3.33. The van der Waals surface area contributed by atoms with E-state index >= 15 is 0 Å². The molecule has 1 rings (SSSR count). The third-order valence-electron chi connectivity index (χ3n) is 2.39. The molecule has 90 valence electrons. The van der Waals surface area contributed by atoms with Gasteiger partial charge in [0.2, 0.25) is 10.0 Å². The number of nitrogens with one attached hydrogen (secondary N) is 1. The van der Waals surface area contributed by atoms with Gasteiger partial charge in [-0.3, -0.25) is 0 Å². The minimum atomic E-state index is -3.33. The van der Waals surface area contributed by atoms with Crippen molar-refractivity contribution in [2.45, 2.75) is 25.2 Å². The molecule has 0 amide bonds. The van der Waals surface area contributed by atoms with Gasteiger partial charge in [-0.2, -0.15) is 0 Å². The van der Waals surface area contributed by atoms with Crippen molar-refractivity contribution in [2.75, 3.05) is 11.0 Å². The molecule has 0 unspecified atom stereocenters. The van der Waals surface area contributed by atoms with Gasteiger partial charge in [-0.05, 0) is 43.5 Å². The third kappa shape index (κ3) is 3.71. The van der Waals surface area contributed by atoms with Gasteiger partial charge in [-0.25, -0.2) is 13.1 Å². The predicted octanol–water partition coefficient (Wildman–Crippen LogP) is 2.41. The summed E-state index contributed by atoms with van der Waals surface area (Å²) in [6, 6.07) is 5.19. The quantitative estimate of drug-likeness (QED) is 0.502. The molecule has 5 heteroatoms. The third-order valence-corrected chi connectivity index (χ3v) is 4.61. The first-order valence-electron chi connectivity index (χ1n) is 5.10. The average molecular weight is 353 g/mol. The number of hydrogen-bond acceptors (Lipinski definition) is 2. The summed E-state index contributed by atoms with van der Waals surface area (Å²) >= 11 is 2.23. The molecule has 0 aliphatic carbocycles. The molecule has 1 N–H and O–H groups in total. The Bertz CT molecular complexity index is 457. The van der Waals surface area contributed by atoms with Crippen LogP contribution in [0.2, 0.25) is 0 Å². The highest BCUT2D eigenvalue weighted by atomic mass is 127. The van der Waals surface area contributed by atoms with Gasteiger partial charge in [0.15, 0.2) is 0 Å². The van der Waals surface area contributed by atoms with E-state index < -0.39 is 10.0 Å². The van der Waals surface area contributed by atoms with Crippen molar-refractivity contribution >= 4 is 32.6 Å². The summed E-state index contributed by atoms with van der Waals surface area (Å²) in [6.45, 7) is 4.38. The highest BCUT2D eigenvalue weighted by Gasteiger charge is 2.13. The van der Waals surface area contributed by atoms with Crippen LogP contribution in [0.15, 0.2) is 23.1 Å². The van der Waals surface area contributed by atoms with Crippen LogP contribution in [0.25, 0.3) is 0 Å². The Morgan fingerprint density at radius 1 is 1.25 bits per heavy atom. The fraction of sp³-hybridized carbons (Fsp3) is 0.455. The van der Waals surface area contributed by atoms with E-state index in [1.54, 1.807) is 12.1 Å². The first-order chi connectivity index (χ1) is 7.47. The predicted molar refractivity (Wildman–Crippen MR) is 74.6 cm³/mol. The molecular weight excluding hydrogens is 337 g/mol. The van der Waals surface area contributed by atoms with Gasteiger partial charge in [0.25, 0.3) is 0 Å². The molecular formula is C11H16INO2S. The Kier molecular flexibility index (Phi) is 5.20. The van der Waals surface area contributed by atoms with Gasteiger partial charge in [-0.15, -0.1) is 0 Å². The molecule has 1 aromatic rings. The number of sulfonamides is 1. The lowest BCUT2D eigenvalue weighted by Gasteiger charge is -2.07. The van der Waals surface area contributed by atoms with Crippen molar-refractivity contribution in [1.82, 2.24) is 4.72 Å². The van der Waals surface area contributed by atoms with Crippen LogP contribution in [0.1, 0.15) is 17.5 Å². The number of aryl methyl sites for hydroxylation is 2. The minimum absolute atomic E-state index is 0.351. The van der Waals surface area contributed by atoms with Gasteiger partial charge in [0.05, 0.1) is 4.90 Å². The van der Waals surface area contributed by atoms with E-state index in [0.717, 1.165) is 22.0 Å². The lowest BCUT2D eigenvalue weighted by atomic mass is 10.1. The molecule has 0 bridgehead atoms. The van der Waals surface area contributed by atoms with Crippen molar-refractivity contribution in [3.63, 3.8) is 0 Å². The molecule has 0 atom stereocenters. The van der Waals surface area contributed by atoms with E-state index in [0.29, 0.717) is 11.4 Å². The van der Waals surface area contributed by atoms with Gasteiger partial charge >= 0.3 is 0 Å². The Morgan fingerprint density at radius 3 is 2.50 bits per heavy atom. The zero-order valence-corrected chi connectivity index (χ0v) is 12.4. The molecule has 0 aliphatic rings. The fourth-order valence-electron chi connectivity index (χ4n) is 1.24. The molecule has 0 radical (unpaired) electrons. The normalized spacial score (nSPS) is 11.7. The van der Waals surface area contributed by atoms with Crippen molar-refractivity contribution in [3.05, 3.63) is 29.3 Å². The topological polar surface area (TPSA) is 46.2 Å². The summed E-state index contributed by atoms with van der Waals surface area (Å²) in [5, 5.41) is 0. The molecule has 16 heavy (non-hydrogen) atoms. The number of halogens is 1. The van der Waals surface area contributed by atoms with Crippen LogP contribution >= 0.6 is 22.6 Å². The maximum atomic E-state index is 11.9. The van der Waals surface area contributed by atoms with Crippen molar-refractivity contribution < 1.29 is 8.42 Å². The van der Waals surface area contributed by atoms with Crippen LogP contribution in [-0.4, -0.2) is 19.4 Å². The Labute approximate surface area is 111 Å². The smallest absolute Gasteiger partial charge is 0.211 e.